The molecule has 0 saturated carbocycles. The Kier molecular flexibility index (Phi) is 7.94. The first-order valence-corrected chi connectivity index (χ1v) is 12.1. The fourth-order valence-electron chi connectivity index (χ4n) is 4.75. The summed E-state index contributed by atoms with van der Waals surface area (Å²) in [5.41, 5.74) is 4.74. The first-order chi connectivity index (χ1) is 15.7. The highest BCUT2D eigenvalue weighted by atomic mass is 16.2. The lowest BCUT2D eigenvalue weighted by atomic mass is 9.98. The molecule has 0 aliphatic carbocycles. The number of benzene rings is 2. The molecule has 2 aliphatic heterocycles. The molecular weight excluding hydrogens is 398 g/mol. The van der Waals surface area contributed by atoms with Crippen molar-refractivity contribution >= 4 is 11.8 Å². The van der Waals surface area contributed by atoms with Gasteiger partial charge in [-0.2, -0.15) is 0 Å². The Morgan fingerprint density at radius 1 is 0.844 bits per heavy atom. The van der Waals surface area contributed by atoms with Crippen molar-refractivity contribution in [2.75, 3.05) is 26.2 Å². The molecule has 1 N–H and O–H groups in total. The molecule has 2 aliphatic rings. The third-order valence-electron chi connectivity index (χ3n) is 6.62. The summed E-state index contributed by atoms with van der Waals surface area (Å²) in [5.74, 6) is 0.0176. The molecule has 2 saturated heterocycles. The predicted molar refractivity (Wildman–Crippen MR) is 128 cm³/mol. The standard InChI is InChI=1S/C27H35N3O2/c31-26(21-30-18-6-2-1-3-11-27(30)32)28-19-24-9-4-5-10-25(24)23-14-12-22(13-15-23)20-29-16-7-8-17-29/h4-5,9-10,12-15H,1-3,6-8,11,16-21H2,(H,28,31). The lowest BCUT2D eigenvalue weighted by Crippen LogP contribution is -2.41. The smallest absolute Gasteiger partial charge is 0.239 e. The Balaban J connectivity index is 1.35. The van der Waals surface area contributed by atoms with Gasteiger partial charge in [-0.25, -0.2) is 0 Å². The van der Waals surface area contributed by atoms with Crippen molar-refractivity contribution in [1.82, 2.24) is 15.1 Å². The van der Waals surface area contributed by atoms with Crippen LogP contribution in [-0.4, -0.2) is 47.8 Å². The summed E-state index contributed by atoms with van der Waals surface area (Å²) < 4.78 is 0. The van der Waals surface area contributed by atoms with Crippen LogP contribution >= 0.6 is 0 Å². The monoisotopic (exact) mass is 433 g/mol. The van der Waals surface area contributed by atoms with Gasteiger partial charge in [0.1, 0.15) is 0 Å². The van der Waals surface area contributed by atoms with Gasteiger partial charge in [-0.15, -0.1) is 0 Å². The molecule has 2 heterocycles. The van der Waals surface area contributed by atoms with E-state index in [-0.39, 0.29) is 18.4 Å². The number of hydrogen-bond donors (Lipinski definition) is 1. The maximum absolute atomic E-state index is 12.6. The van der Waals surface area contributed by atoms with Crippen molar-refractivity contribution in [3.05, 3.63) is 59.7 Å². The summed E-state index contributed by atoms with van der Waals surface area (Å²) in [6, 6.07) is 17.0. The Hall–Kier alpha value is -2.66. The first-order valence-electron chi connectivity index (χ1n) is 12.1. The van der Waals surface area contributed by atoms with Gasteiger partial charge in [-0.3, -0.25) is 14.5 Å². The molecule has 0 unspecified atom stereocenters. The SMILES string of the molecule is O=C(CN1CCCCCCC1=O)NCc1ccccc1-c1ccc(CN2CCCC2)cc1. The van der Waals surface area contributed by atoms with Gasteiger partial charge < -0.3 is 10.2 Å². The zero-order valence-electron chi connectivity index (χ0n) is 19.0. The van der Waals surface area contributed by atoms with Crippen molar-refractivity contribution in [2.24, 2.45) is 0 Å². The average molecular weight is 434 g/mol. The van der Waals surface area contributed by atoms with Crippen LogP contribution in [0, 0.1) is 0 Å². The van der Waals surface area contributed by atoms with Crippen molar-refractivity contribution < 1.29 is 9.59 Å². The second-order valence-corrected chi connectivity index (χ2v) is 9.09. The highest BCUT2D eigenvalue weighted by Crippen LogP contribution is 2.25. The van der Waals surface area contributed by atoms with Crippen molar-refractivity contribution in [3.63, 3.8) is 0 Å². The van der Waals surface area contributed by atoms with Crippen LogP contribution in [0.15, 0.2) is 48.5 Å². The number of likely N-dealkylation sites (tertiary alicyclic amines) is 2. The molecular formula is C27H35N3O2. The zero-order valence-corrected chi connectivity index (χ0v) is 19.0. The number of rotatable bonds is 7. The van der Waals surface area contributed by atoms with E-state index in [0.717, 1.165) is 43.4 Å². The van der Waals surface area contributed by atoms with E-state index in [1.807, 2.05) is 12.1 Å². The number of nitrogens with zero attached hydrogens (tertiary/aromatic N) is 2. The van der Waals surface area contributed by atoms with E-state index in [0.29, 0.717) is 19.5 Å². The van der Waals surface area contributed by atoms with E-state index in [1.54, 1.807) is 4.90 Å². The van der Waals surface area contributed by atoms with Crippen LogP contribution in [0.1, 0.15) is 56.1 Å². The minimum Gasteiger partial charge on any atom is -0.350 e. The van der Waals surface area contributed by atoms with Crippen LogP contribution in [0.5, 0.6) is 0 Å². The van der Waals surface area contributed by atoms with Crippen LogP contribution in [0.3, 0.4) is 0 Å². The third kappa shape index (κ3) is 6.19. The van der Waals surface area contributed by atoms with E-state index in [4.69, 9.17) is 0 Å². The Morgan fingerprint density at radius 2 is 1.56 bits per heavy atom. The van der Waals surface area contributed by atoms with Crippen LogP contribution in [-0.2, 0) is 22.7 Å². The van der Waals surface area contributed by atoms with Gasteiger partial charge in [0, 0.05) is 26.1 Å². The summed E-state index contributed by atoms with van der Waals surface area (Å²) in [4.78, 5) is 29.1. The Morgan fingerprint density at radius 3 is 2.38 bits per heavy atom. The van der Waals surface area contributed by atoms with Crippen molar-refractivity contribution in [1.29, 1.82) is 0 Å². The van der Waals surface area contributed by atoms with Crippen LogP contribution < -0.4 is 5.32 Å². The van der Waals surface area contributed by atoms with Gasteiger partial charge in [0.25, 0.3) is 0 Å². The molecule has 2 amide bonds. The van der Waals surface area contributed by atoms with E-state index >= 15 is 0 Å². The lowest BCUT2D eigenvalue weighted by molar-refractivity contribution is -0.136. The minimum atomic E-state index is -0.0883. The van der Waals surface area contributed by atoms with Gasteiger partial charge in [0.2, 0.25) is 11.8 Å². The van der Waals surface area contributed by atoms with Crippen molar-refractivity contribution in [3.8, 4) is 11.1 Å². The van der Waals surface area contributed by atoms with E-state index < -0.39 is 0 Å². The number of hydrogen-bond acceptors (Lipinski definition) is 3. The summed E-state index contributed by atoms with van der Waals surface area (Å²) in [6.07, 6.45) is 7.34. The van der Waals surface area contributed by atoms with E-state index in [2.05, 4.69) is 46.6 Å². The normalized spacial score (nSPS) is 17.8. The van der Waals surface area contributed by atoms with Gasteiger partial charge >= 0.3 is 0 Å². The van der Waals surface area contributed by atoms with E-state index in [1.165, 1.54) is 37.1 Å². The fourth-order valence-corrected chi connectivity index (χ4v) is 4.75. The molecule has 32 heavy (non-hydrogen) atoms. The molecule has 2 aromatic rings. The number of amides is 2. The number of carbonyl (C=O) groups is 2. The molecule has 0 bridgehead atoms. The van der Waals surface area contributed by atoms with Crippen LogP contribution in [0.4, 0.5) is 0 Å². The Bertz CT molecular complexity index is 903. The zero-order chi connectivity index (χ0) is 22.2. The molecule has 2 fully saturated rings. The van der Waals surface area contributed by atoms with Gasteiger partial charge in [0.05, 0.1) is 6.54 Å². The quantitative estimate of drug-likeness (QED) is 0.706. The maximum Gasteiger partial charge on any atom is 0.239 e. The number of carbonyl (C=O) groups excluding carboxylic acids is 2. The molecule has 4 rings (SSSR count). The predicted octanol–water partition coefficient (Wildman–Crippen LogP) is 4.36. The third-order valence-corrected chi connectivity index (χ3v) is 6.62. The summed E-state index contributed by atoms with van der Waals surface area (Å²) >= 11 is 0. The average Bonchev–Trinajstić information content (AvgIpc) is 3.31. The minimum absolute atomic E-state index is 0.0883. The number of nitrogens with one attached hydrogen (secondary N) is 1. The first kappa shape index (κ1) is 22.5. The summed E-state index contributed by atoms with van der Waals surface area (Å²) in [6.45, 7) is 4.74. The second-order valence-electron chi connectivity index (χ2n) is 9.09. The molecule has 5 nitrogen and oxygen atoms in total. The van der Waals surface area contributed by atoms with Gasteiger partial charge in [-0.05, 0) is 61.0 Å². The van der Waals surface area contributed by atoms with E-state index in [9.17, 15) is 9.59 Å². The topological polar surface area (TPSA) is 52.7 Å². The second kappa shape index (κ2) is 11.3. The molecule has 0 spiro atoms. The summed E-state index contributed by atoms with van der Waals surface area (Å²) in [5, 5.41) is 3.03. The molecule has 5 heteroatoms. The fraction of sp³-hybridized carbons (Fsp3) is 0.481. The highest BCUT2D eigenvalue weighted by molar-refractivity contribution is 5.85. The lowest BCUT2D eigenvalue weighted by Gasteiger charge is -2.24. The van der Waals surface area contributed by atoms with Crippen LogP contribution in [0.2, 0.25) is 0 Å². The van der Waals surface area contributed by atoms with Crippen LogP contribution in [0.25, 0.3) is 11.1 Å². The van der Waals surface area contributed by atoms with Crippen molar-refractivity contribution in [2.45, 2.75) is 58.0 Å². The maximum atomic E-state index is 12.6. The molecule has 170 valence electrons. The molecule has 0 radical (unpaired) electrons. The Labute approximate surface area is 191 Å². The molecule has 0 aromatic heterocycles. The highest BCUT2D eigenvalue weighted by Gasteiger charge is 2.18. The largest absolute Gasteiger partial charge is 0.350 e. The van der Waals surface area contributed by atoms with Gasteiger partial charge in [0.15, 0.2) is 0 Å². The van der Waals surface area contributed by atoms with Gasteiger partial charge in [-0.1, -0.05) is 61.4 Å². The summed E-state index contributed by atoms with van der Waals surface area (Å²) in [7, 11) is 0. The molecule has 2 aromatic carbocycles. The molecule has 0 atom stereocenters.